The number of fused-ring (bicyclic) bond motifs is 1. The first-order valence-corrected chi connectivity index (χ1v) is 10.9. The van der Waals surface area contributed by atoms with Crippen LogP contribution in [0.2, 0.25) is 0 Å². The Labute approximate surface area is 178 Å². The van der Waals surface area contributed by atoms with Crippen LogP contribution in [0.25, 0.3) is 15.9 Å². The summed E-state index contributed by atoms with van der Waals surface area (Å²) in [7, 11) is 0. The number of hydrogen-bond donors (Lipinski definition) is 0. The molecule has 154 valence electrons. The summed E-state index contributed by atoms with van der Waals surface area (Å²) < 4.78 is 7.08. The number of piperazine rings is 1. The zero-order valence-corrected chi connectivity index (χ0v) is 17.9. The predicted octanol–water partition coefficient (Wildman–Crippen LogP) is 3.65. The number of aromatic nitrogens is 3. The molecule has 4 heterocycles. The Bertz CT molecular complexity index is 1190. The van der Waals surface area contributed by atoms with Gasteiger partial charge in [0.15, 0.2) is 0 Å². The first kappa shape index (κ1) is 19.0. The second-order valence-electron chi connectivity index (χ2n) is 7.66. The van der Waals surface area contributed by atoms with Gasteiger partial charge in [0, 0.05) is 44.2 Å². The van der Waals surface area contributed by atoms with Crippen LogP contribution in [0, 0.1) is 13.8 Å². The highest BCUT2D eigenvalue weighted by Gasteiger charge is 2.25. The smallest absolute Gasteiger partial charge is 0.264 e. The third-order valence-corrected chi connectivity index (χ3v) is 6.58. The molecule has 1 amide bonds. The summed E-state index contributed by atoms with van der Waals surface area (Å²) in [5, 5.41) is 9.78. The lowest BCUT2D eigenvalue weighted by Gasteiger charge is -2.34. The van der Waals surface area contributed by atoms with Crippen LogP contribution in [0.5, 0.6) is 0 Å². The van der Waals surface area contributed by atoms with Gasteiger partial charge < -0.3 is 9.42 Å². The number of benzene rings is 1. The third kappa shape index (κ3) is 3.53. The number of carbonyl (C=O) groups excluding carboxylic acids is 1. The van der Waals surface area contributed by atoms with E-state index in [2.05, 4.69) is 15.2 Å². The quantitative estimate of drug-likeness (QED) is 0.503. The highest BCUT2D eigenvalue weighted by atomic mass is 32.1. The second kappa shape index (κ2) is 7.70. The highest BCUT2D eigenvalue weighted by molar-refractivity contribution is 7.20. The van der Waals surface area contributed by atoms with E-state index >= 15 is 0 Å². The van der Waals surface area contributed by atoms with Crippen molar-refractivity contribution >= 4 is 27.5 Å². The van der Waals surface area contributed by atoms with Gasteiger partial charge in [0.25, 0.3) is 5.91 Å². The van der Waals surface area contributed by atoms with Crippen molar-refractivity contribution in [2.24, 2.45) is 0 Å². The Hall–Kier alpha value is -2.97. The number of hydrogen-bond acceptors (Lipinski definition) is 6. The summed E-state index contributed by atoms with van der Waals surface area (Å²) >= 11 is 1.52. The van der Waals surface area contributed by atoms with E-state index in [0.717, 1.165) is 57.6 Å². The molecule has 30 heavy (non-hydrogen) atoms. The van der Waals surface area contributed by atoms with E-state index in [1.165, 1.54) is 11.3 Å². The average Bonchev–Trinajstić information content (AvgIpc) is 3.45. The van der Waals surface area contributed by atoms with Gasteiger partial charge >= 0.3 is 0 Å². The SMILES string of the molecule is Cc1cc(CN2CCN(C(=O)c3cc4c(C)nn(-c5ccccc5)c4s3)CC2)no1. The van der Waals surface area contributed by atoms with E-state index in [1.54, 1.807) is 0 Å². The summed E-state index contributed by atoms with van der Waals surface area (Å²) in [6, 6.07) is 14.0. The van der Waals surface area contributed by atoms with Crippen LogP contribution in [-0.2, 0) is 6.54 Å². The second-order valence-corrected chi connectivity index (χ2v) is 8.69. The van der Waals surface area contributed by atoms with Crippen molar-refractivity contribution in [2.45, 2.75) is 20.4 Å². The highest BCUT2D eigenvalue weighted by Crippen LogP contribution is 2.31. The van der Waals surface area contributed by atoms with Crippen LogP contribution in [0.15, 0.2) is 47.0 Å². The molecule has 0 saturated carbocycles. The molecule has 8 heteroatoms. The molecule has 0 N–H and O–H groups in total. The number of aryl methyl sites for hydroxylation is 2. The largest absolute Gasteiger partial charge is 0.361 e. The molecule has 0 aliphatic carbocycles. The van der Waals surface area contributed by atoms with E-state index < -0.39 is 0 Å². The van der Waals surface area contributed by atoms with Crippen LogP contribution in [0.1, 0.15) is 26.8 Å². The molecule has 1 saturated heterocycles. The Morgan fingerprint density at radius 1 is 1.10 bits per heavy atom. The fourth-order valence-electron chi connectivity index (χ4n) is 3.88. The Balaban J connectivity index is 1.31. The summed E-state index contributed by atoms with van der Waals surface area (Å²) in [6.45, 7) is 7.75. The molecule has 1 aromatic carbocycles. The van der Waals surface area contributed by atoms with Crippen LogP contribution < -0.4 is 0 Å². The average molecular weight is 422 g/mol. The lowest BCUT2D eigenvalue weighted by molar-refractivity contribution is 0.0630. The molecule has 0 unspecified atom stereocenters. The molecule has 1 aliphatic heterocycles. The summed E-state index contributed by atoms with van der Waals surface area (Å²) in [5.41, 5.74) is 2.89. The normalized spacial score (nSPS) is 15.2. The van der Waals surface area contributed by atoms with E-state index in [-0.39, 0.29) is 5.91 Å². The molecule has 0 atom stereocenters. The molecular formula is C22H23N5O2S. The monoisotopic (exact) mass is 421 g/mol. The van der Waals surface area contributed by atoms with Gasteiger partial charge in [-0.25, -0.2) is 4.68 Å². The molecule has 7 nitrogen and oxygen atoms in total. The van der Waals surface area contributed by atoms with Crippen LogP contribution in [0.3, 0.4) is 0 Å². The van der Waals surface area contributed by atoms with Gasteiger partial charge in [-0.1, -0.05) is 23.4 Å². The number of amides is 1. The molecule has 1 aliphatic rings. The van der Waals surface area contributed by atoms with Crippen molar-refractivity contribution in [3.8, 4) is 5.69 Å². The molecule has 0 radical (unpaired) electrons. The zero-order valence-electron chi connectivity index (χ0n) is 17.0. The third-order valence-electron chi connectivity index (χ3n) is 5.48. The van der Waals surface area contributed by atoms with Gasteiger partial charge in [-0.05, 0) is 32.0 Å². The first-order valence-electron chi connectivity index (χ1n) is 10.1. The van der Waals surface area contributed by atoms with Crippen LogP contribution >= 0.6 is 11.3 Å². The molecule has 5 rings (SSSR count). The topological polar surface area (TPSA) is 67.4 Å². The lowest BCUT2D eigenvalue weighted by atomic mass is 10.2. The molecule has 1 fully saturated rings. The summed E-state index contributed by atoms with van der Waals surface area (Å²) in [6.07, 6.45) is 0. The molecule has 0 bridgehead atoms. The zero-order chi connectivity index (χ0) is 20.7. The van der Waals surface area contributed by atoms with E-state index in [1.807, 2.05) is 65.9 Å². The van der Waals surface area contributed by atoms with E-state index in [9.17, 15) is 4.79 Å². The predicted molar refractivity (Wildman–Crippen MR) is 116 cm³/mol. The summed E-state index contributed by atoms with van der Waals surface area (Å²) in [4.78, 5) is 19.2. The van der Waals surface area contributed by atoms with Crippen molar-refractivity contribution in [2.75, 3.05) is 26.2 Å². The number of nitrogens with zero attached hydrogens (tertiary/aromatic N) is 5. The standard InChI is InChI=1S/C22H23N5O2S/c1-15-12-17(24-29-15)14-25-8-10-26(11-9-25)21(28)20-13-19-16(2)23-27(22(19)30-20)18-6-4-3-5-7-18/h3-7,12-13H,8-11,14H2,1-2H3. The first-order chi connectivity index (χ1) is 14.6. The maximum atomic E-state index is 13.2. The maximum absolute atomic E-state index is 13.2. The molecule has 3 aromatic heterocycles. The fraction of sp³-hybridized carbons (Fsp3) is 0.318. The van der Waals surface area contributed by atoms with E-state index in [4.69, 9.17) is 4.52 Å². The van der Waals surface area contributed by atoms with Gasteiger partial charge in [0.2, 0.25) is 0 Å². The Morgan fingerprint density at radius 3 is 2.57 bits per heavy atom. The fourth-order valence-corrected chi connectivity index (χ4v) is 5.03. The Morgan fingerprint density at radius 2 is 1.87 bits per heavy atom. The van der Waals surface area contributed by atoms with Crippen molar-refractivity contribution in [1.82, 2.24) is 24.7 Å². The van der Waals surface area contributed by atoms with Gasteiger partial charge in [-0.3, -0.25) is 9.69 Å². The molecular weight excluding hydrogens is 398 g/mol. The lowest BCUT2D eigenvalue weighted by Crippen LogP contribution is -2.48. The number of rotatable bonds is 4. The number of thiophene rings is 1. The molecule has 0 spiro atoms. The summed E-state index contributed by atoms with van der Waals surface area (Å²) in [5.74, 6) is 0.931. The van der Waals surface area contributed by atoms with Gasteiger partial charge in [0.05, 0.1) is 22.0 Å². The Kier molecular flexibility index (Phi) is 4.88. The molecule has 4 aromatic rings. The minimum atomic E-state index is 0.104. The van der Waals surface area contributed by atoms with Crippen LogP contribution in [0.4, 0.5) is 0 Å². The van der Waals surface area contributed by atoms with Crippen molar-refractivity contribution in [3.05, 3.63) is 64.5 Å². The van der Waals surface area contributed by atoms with Crippen molar-refractivity contribution in [3.63, 3.8) is 0 Å². The van der Waals surface area contributed by atoms with Crippen LogP contribution in [-0.4, -0.2) is 56.8 Å². The van der Waals surface area contributed by atoms with Gasteiger partial charge in [-0.2, -0.15) is 5.10 Å². The van der Waals surface area contributed by atoms with Gasteiger partial charge in [-0.15, -0.1) is 11.3 Å². The minimum absolute atomic E-state index is 0.104. The van der Waals surface area contributed by atoms with E-state index in [0.29, 0.717) is 13.1 Å². The van der Waals surface area contributed by atoms with Crippen molar-refractivity contribution in [1.29, 1.82) is 0 Å². The number of para-hydroxylation sites is 1. The van der Waals surface area contributed by atoms with Crippen molar-refractivity contribution < 1.29 is 9.32 Å². The van der Waals surface area contributed by atoms with Gasteiger partial charge in [0.1, 0.15) is 10.6 Å². The maximum Gasteiger partial charge on any atom is 0.264 e. The minimum Gasteiger partial charge on any atom is -0.361 e. The number of carbonyl (C=O) groups is 1.